The van der Waals surface area contributed by atoms with Crippen molar-refractivity contribution in [1.29, 1.82) is 0 Å². The third-order valence-electron chi connectivity index (χ3n) is 7.06. The molecule has 1 aliphatic heterocycles. The minimum atomic E-state index is -0.214. The molecule has 2 aromatic rings. The number of rotatable bonds is 8. The molecule has 32 heavy (non-hydrogen) atoms. The number of fused-ring (bicyclic) bond motifs is 1. The Bertz CT molecular complexity index is 948. The fourth-order valence-electron chi connectivity index (χ4n) is 5.49. The molecule has 2 heterocycles. The summed E-state index contributed by atoms with van der Waals surface area (Å²) in [6, 6.07) is 5.94. The Hall–Kier alpha value is -1.82. The van der Waals surface area contributed by atoms with Gasteiger partial charge in [0.1, 0.15) is 6.10 Å². The number of halogens is 1. The first-order chi connectivity index (χ1) is 15.4. The van der Waals surface area contributed by atoms with Crippen LogP contribution in [0.3, 0.4) is 0 Å². The zero-order valence-electron chi connectivity index (χ0n) is 19.2. The predicted octanol–water partition coefficient (Wildman–Crippen LogP) is 5.91. The lowest BCUT2D eigenvalue weighted by Crippen LogP contribution is -2.45. The highest BCUT2D eigenvalue weighted by atomic mass is 79.9. The third kappa shape index (κ3) is 5.75. The van der Waals surface area contributed by atoms with Crippen LogP contribution in [0.2, 0.25) is 0 Å². The average Bonchev–Trinajstić information content (AvgIpc) is 3.31. The Morgan fingerprint density at radius 2 is 2.00 bits per heavy atom. The molecule has 174 valence electrons. The molecule has 0 unspecified atom stereocenters. The van der Waals surface area contributed by atoms with E-state index in [1.165, 1.54) is 32.1 Å². The number of benzene rings is 1. The normalized spacial score (nSPS) is 22.9. The van der Waals surface area contributed by atoms with E-state index in [9.17, 15) is 9.59 Å². The fraction of sp³-hybridized carbons (Fsp3) is 0.615. The summed E-state index contributed by atoms with van der Waals surface area (Å²) >= 11 is 3.52. The van der Waals surface area contributed by atoms with Crippen LogP contribution in [0.1, 0.15) is 70.8 Å². The van der Waals surface area contributed by atoms with Gasteiger partial charge in [0, 0.05) is 21.6 Å². The molecule has 1 aromatic carbocycles. The van der Waals surface area contributed by atoms with Gasteiger partial charge in [-0.25, -0.2) is 0 Å². The molecule has 2 N–H and O–H groups in total. The molecule has 3 atom stereocenters. The van der Waals surface area contributed by atoms with E-state index < -0.39 is 0 Å². The predicted molar refractivity (Wildman–Crippen MR) is 130 cm³/mol. The lowest BCUT2D eigenvalue weighted by molar-refractivity contribution is -0.146. The molecule has 1 aromatic heterocycles. The van der Waals surface area contributed by atoms with Crippen molar-refractivity contribution in [3.05, 3.63) is 34.4 Å². The van der Waals surface area contributed by atoms with Crippen molar-refractivity contribution in [2.75, 3.05) is 0 Å². The average molecular weight is 503 g/mol. The molecule has 6 heteroatoms. The van der Waals surface area contributed by atoms with Gasteiger partial charge in [0.2, 0.25) is 5.91 Å². The van der Waals surface area contributed by atoms with Gasteiger partial charge in [-0.2, -0.15) is 0 Å². The number of amides is 1. The maximum atomic E-state index is 13.1. The van der Waals surface area contributed by atoms with Gasteiger partial charge < -0.3 is 15.0 Å². The summed E-state index contributed by atoms with van der Waals surface area (Å²) in [4.78, 5) is 28.9. The fourth-order valence-corrected chi connectivity index (χ4v) is 5.85. The molecule has 2 fully saturated rings. The van der Waals surface area contributed by atoms with Crippen molar-refractivity contribution in [3.63, 3.8) is 0 Å². The molecule has 1 saturated heterocycles. The summed E-state index contributed by atoms with van der Waals surface area (Å²) in [6.07, 6.45) is 10.7. The van der Waals surface area contributed by atoms with Gasteiger partial charge in [0.05, 0.1) is 18.4 Å². The number of aromatic nitrogens is 1. The second kappa shape index (κ2) is 10.4. The van der Waals surface area contributed by atoms with Crippen LogP contribution in [0, 0.1) is 17.8 Å². The standard InChI is InChI=1S/C26H35BrN2O3/c1-16(2)10-18-12-24(32-26(18)31)23(11-17-6-4-3-5-7-17)29-25(30)13-19-15-28-22-9-8-20(27)14-21(19)22/h8-9,14-18,23-24,28H,3-7,10-13H2,1-2H3,(H,29,30)/t18-,23+,24+/m1/s1. The van der Waals surface area contributed by atoms with Gasteiger partial charge in [0.15, 0.2) is 0 Å². The van der Waals surface area contributed by atoms with Crippen LogP contribution in [0.4, 0.5) is 0 Å². The number of ether oxygens (including phenoxy) is 1. The molecule has 1 saturated carbocycles. The van der Waals surface area contributed by atoms with Crippen molar-refractivity contribution in [2.24, 2.45) is 17.8 Å². The topological polar surface area (TPSA) is 71.2 Å². The van der Waals surface area contributed by atoms with E-state index in [1.54, 1.807) is 0 Å². The van der Waals surface area contributed by atoms with Crippen LogP contribution in [-0.2, 0) is 20.7 Å². The van der Waals surface area contributed by atoms with E-state index >= 15 is 0 Å². The first-order valence-electron chi connectivity index (χ1n) is 12.1. The minimum absolute atomic E-state index is 0.00459. The molecule has 0 radical (unpaired) electrons. The number of esters is 1. The number of aromatic amines is 1. The quantitative estimate of drug-likeness (QED) is 0.441. The van der Waals surface area contributed by atoms with E-state index in [0.29, 0.717) is 24.7 Å². The summed E-state index contributed by atoms with van der Waals surface area (Å²) < 4.78 is 6.83. The summed E-state index contributed by atoms with van der Waals surface area (Å²) in [6.45, 7) is 4.28. The number of carbonyl (C=O) groups is 2. The highest BCUT2D eigenvalue weighted by Gasteiger charge is 2.40. The minimum Gasteiger partial charge on any atom is -0.460 e. The lowest BCUT2D eigenvalue weighted by atomic mass is 9.82. The number of hydrogen-bond acceptors (Lipinski definition) is 3. The summed E-state index contributed by atoms with van der Waals surface area (Å²) in [5, 5.41) is 4.33. The number of H-pyrrole nitrogens is 1. The third-order valence-corrected chi connectivity index (χ3v) is 7.55. The van der Waals surface area contributed by atoms with Crippen LogP contribution in [0.25, 0.3) is 10.9 Å². The van der Waals surface area contributed by atoms with Crippen LogP contribution in [0.15, 0.2) is 28.9 Å². The SMILES string of the molecule is CC(C)C[C@@H]1C[C@@H]([C@H](CC2CCCCC2)NC(=O)Cc2c[nH]c3ccc(Br)cc23)OC1=O. The Kier molecular flexibility index (Phi) is 7.59. The van der Waals surface area contributed by atoms with E-state index in [1.807, 2.05) is 24.4 Å². The van der Waals surface area contributed by atoms with Crippen LogP contribution < -0.4 is 5.32 Å². The Balaban J connectivity index is 1.46. The molecule has 0 bridgehead atoms. The molecule has 0 spiro atoms. The van der Waals surface area contributed by atoms with E-state index in [4.69, 9.17) is 4.74 Å². The van der Waals surface area contributed by atoms with Crippen LogP contribution in [0.5, 0.6) is 0 Å². The smallest absolute Gasteiger partial charge is 0.309 e. The first kappa shape index (κ1) is 23.3. The monoisotopic (exact) mass is 502 g/mol. The Morgan fingerprint density at radius 3 is 2.75 bits per heavy atom. The second-order valence-corrected chi connectivity index (χ2v) is 11.0. The highest BCUT2D eigenvalue weighted by molar-refractivity contribution is 9.10. The van der Waals surface area contributed by atoms with Gasteiger partial charge in [-0.05, 0) is 54.9 Å². The Morgan fingerprint density at radius 1 is 1.22 bits per heavy atom. The molecule has 5 nitrogen and oxygen atoms in total. The van der Waals surface area contributed by atoms with E-state index in [2.05, 4.69) is 40.1 Å². The lowest BCUT2D eigenvalue weighted by Gasteiger charge is -2.30. The maximum Gasteiger partial charge on any atom is 0.309 e. The summed E-state index contributed by atoms with van der Waals surface area (Å²) in [5.74, 6) is 0.916. The number of carbonyl (C=O) groups excluding carboxylic acids is 2. The van der Waals surface area contributed by atoms with Gasteiger partial charge in [-0.3, -0.25) is 9.59 Å². The van der Waals surface area contributed by atoms with E-state index in [0.717, 1.165) is 33.8 Å². The first-order valence-corrected chi connectivity index (χ1v) is 12.9. The van der Waals surface area contributed by atoms with E-state index in [-0.39, 0.29) is 29.9 Å². The largest absolute Gasteiger partial charge is 0.460 e. The van der Waals surface area contributed by atoms with Crippen molar-refractivity contribution in [1.82, 2.24) is 10.3 Å². The molecule has 1 aliphatic carbocycles. The highest BCUT2D eigenvalue weighted by Crippen LogP contribution is 2.34. The Labute approximate surface area is 199 Å². The van der Waals surface area contributed by atoms with Crippen molar-refractivity contribution in [3.8, 4) is 0 Å². The summed E-state index contributed by atoms with van der Waals surface area (Å²) in [7, 11) is 0. The van der Waals surface area contributed by atoms with Crippen molar-refractivity contribution < 1.29 is 14.3 Å². The van der Waals surface area contributed by atoms with Gasteiger partial charge in [-0.15, -0.1) is 0 Å². The molecule has 2 aliphatic rings. The zero-order valence-corrected chi connectivity index (χ0v) is 20.7. The van der Waals surface area contributed by atoms with Crippen LogP contribution >= 0.6 is 15.9 Å². The van der Waals surface area contributed by atoms with Crippen molar-refractivity contribution in [2.45, 2.75) is 83.8 Å². The number of cyclic esters (lactones) is 1. The molecular weight excluding hydrogens is 468 g/mol. The number of hydrogen-bond donors (Lipinski definition) is 2. The summed E-state index contributed by atoms with van der Waals surface area (Å²) in [5.41, 5.74) is 2.01. The molecular formula is C26H35BrN2O3. The number of nitrogens with one attached hydrogen (secondary N) is 2. The maximum absolute atomic E-state index is 13.1. The molecule has 4 rings (SSSR count). The zero-order chi connectivity index (χ0) is 22.7. The van der Waals surface area contributed by atoms with Gasteiger partial charge >= 0.3 is 5.97 Å². The van der Waals surface area contributed by atoms with Crippen molar-refractivity contribution >= 4 is 38.7 Å². The van der Waals surface area contributed by atoms with Crippen LogP contribution in [-0.4, -0.2) is 29.0 Å². The second-order valence-electron chi connectivity index (χ2n) is 10.1. The van der Waals surface area contributed by atoms with Gasteiger partial charge in [-0.1, -0.05) is 61.9 Å². The van der Waals surface area contributed by atoms with Gasteiger partial charge in [0.25, 0.3) is 0 Å². The molecule has 1 amide bonds.